The average Bonchev–Trinajstić information content (AvgIpc) is 2.78. The molecule has 2 aromatic carbocycles. The molecule has 0 aliphatic carbocycles. The Kier molecular flexibility index (Phi) is 5.78. The third-order valence-corrected chi connectivity index (χ3v) is 5.24. The lowest BCUT2D eigenvalue weighted by atomic mass is 9.99. The van der Waals surface area contributed by atoms with Crippen LogP contribution in [-0.2, 0) is 4.74 Å². The Balaban J connectivity index is 1.76. The summed E-state index contributed by atoms with van der Waals surface area (Å²) in [6.45, 7) is -0.683. The number of hydrogen-bond donors (Lipinski definition) is 7. The molecule has 12 heteroatoms. The molecule has 0 amide bonds. The molecule has 0 spiro atoms. The topological polar surface area (TPSA) is 213 Å². The Morgan fingerprint density at radius 2 is 1.67 bits per heavy atom. The number of aromatic hydroxyl groups is 3. The molecule has 2 heterocycles. The van der Waals surface area contributed by atoms with Crippen LogP contribution in [0.2, 0.25) is 0 Å². The zero-order valence-corrected chi connectivity index (χ0v) is 16.7. The molecule has 1 aromatic heterocycles. The first-order valence-corrected chi connectivity index (χ1v) is 9.62. The van der Waals surface area contributed by atoms with Crippen LogP contribution in [0, 0.1) is 0 Å². The number of fused-ring (bicyclic) bond motifs is 1. The van der Waals surface area contributed by atoms with Gasteiger partial charge < -0.3 is 54.7 Å². The van der Waals surface area contributed by atoms with Crippen LogP contribution in [0.5, 0.6) is 28.7 Å². The van der Waals surface area contributed by atoms with E-state index in [1.165, 1.54) is 6.07 Å². The van der Waals surface area contributed by atoms with Crippen LogP contribution < -0.4 is 15.3 Å². The van der Waals surface area contributed by atoms with Crippen molar-refractivity contribution in [3.63, 3.8) is 0 Å². The fourth-order valence-electron chi connectivity index (χ4n) is 3.48. The molecular weight excluding hydrogens is 444 g/mol. The second-order valence-electron chi connectivity index (χ2n) is 7.42. The van der Waals surface area contributed by atoms with Gasteiger partial charge in [-0.25, -0.2) is 0 Å². The van der Waals surface area contributed by atoms with Gasteiger partial charge in [0.25, 0.3) is 0 Å². The fourth-order valence-corrected chi connectivity index (χ4v) is 3.48. The van der Waals surface area contributed by atoms with Crippen molar-refractivity contribution in [3.05, 3.63) is 40.6 Å². The summed E-state index contributed by atoms with van der Waals surface area (Å²) in [5.41, 5.74) is -1.41. The highest BCUT2D eigenvalue weighted by atomic mass is 16.7. The van der Waals surface area contributed by atoms with Gasteiger partial charge in [0.2, 0.25) is 6.29 Å². The zero-order chi connectivity index (χ0) is 24.0. The number of aliphatic hydroxyl groups excluding tert-OH is 4. The van der Waals surface area contributed by atoms with Crippen LogP contribution in [0.3, 0.4) is 0 Å². The molecule has 3 aromatic rings. The van der Waals surface area contributed by atoms with Crippen molar-refractivity contribution >= 4 is 11.0 Å². The molecular formula is C21H19O12-. The zero-order valence-electron chi connectivity index (χ0n) is 16.7. The lowest BCUT2D eigenvalue weighted by molar-refractivity contribution is -0.277. The Labute approximate surface area is 184 Å². The number of phenolic OH excluding ortho intramolecular Hbond substituents is 3. The highest BCUT2D eigenvalue weighted by Gasteiger charge is 2.44. The minimum Gasteiger partial charge on any atom is -0.867 e. The quantitative estimate of drug-likeness (QED) is 0.228. The van der Waals surface area contributed by atoms with Gasteiger partial charge in [-0.05, 0) is 23.9 Å². The van der Waals surface area contributed by atoms with Gasteiger partial charge in [0.1, 0.15) is 52.6 Å². The van der Waals surface area contributed by atoms with Crippen LogP contribution >= 0.6 is 0 Å². The maximum absolute atomic E-state index is 12.6. The maximum atomic E-state index is 12.6. The average molecular weight is 463 g/mol. The van der Waals surface area contributed by atoms with Crippen LogP contribution in [0.4, 0.5) is 0 Å². The van der Waals surface area contributed by atoms with E-state index in [9.17, 15) is 45.6 Å². The van der Waals surface area contributed by atoms with Crippen molar-refractivity contribution in [3.8, 4) is 40.1 Å². The summed E-state index contributed by atoms with van der Waals surface area (Å²) in [6.07, 6.45) is -7.85. The van der Waals surface area contributed by atoms with Gasteiger partial charge >= 0.3 is 0 Å². The van der Waals surface area contributed by atoms with Crippen LogP contribution in [0.25, 0.3) is 22.3 Å². The molecule has 1 saturated heterocycles. The normalized spacial score (nSPS) is 25.3. The van der Waals surface area contributed by atoms with Gasteiger partial charge in [-0.3, -0.25) is 4.79 Å². The van der Waals surface area contributed by atoms with Crippen molar-refractivity contribution in [2.24, 2.45) is 0 Å². The number of phenols is 3. The van der Waals surface area contributed by atoms with Crippen molar-refractivity contribution in [2.45, 2.75) is 30.7 Å². The Hall–Kier alpha value is -3.55. The standard InChI is InChI=1S/C21H20O12/c22-6-13-15(26)17(28)19(30)21(33-13)31-8-4-11(25)14-12(5-8)32-20(18(29)16(14)27)7-1-2-9(23)10(24)3-7/h1-5,13,15,17,19,21-26,28-30H,6H2/p-1/t13-,15-,17+,19-,21-/m1/s1. The molecule has 1 aliphatic heterocycles. The molecule has 4 rings (SSSR count). The Bertz CT molecular complexity index is 1250. The molecule has 33 heavy (non-hydrogen) atoms. The van der Waals surface area contributed by atoms with Crippen LogP contribution in [0.15, 0.2) is 39.5 Å². The van der Waals surface area contributed by atoms with E-state index in [0.717, 1.165) is 24.3 Å². The summed E-state index contributed by atoms with van der Waals surface area (Å²) < 4.78 is 16.2. The summed E-state index contributed by atoms with van der Waals surface area (Å²) in [5.74, 6) is -3.49. The van der Waals surface area contributed by atoms with Gasteiger partial charge in [-0.15, -0.1) is 0 Å². The van der Waals surface area contributed by atoms with Crippen molar-refractivity contribution in [1.82, 2.24) is 0 Å². The first kappa shape index (κ1) is 22.6. The lowest BCUT2D eigenvalue weighted by Gasteiger charge is -2.39. The molecule has 12 nitrogen and oxygen atoms in total. The smallest absolute Gasteiger partial charge is 0.229 e. The van der Waals surface area contributed by atoms with Crippen LogP contribution in [0.1, 0.15) is 0 Å². The van der Waals surface area contributed by atoms with Gasteiger partial charge in [0.15, 0.2) is 16.9 Å². The third kappa shape index (κ3) is 3.90. The fraction of sp³-hybridized carbons (Fsp3) is 0.286. The van der Waals surface area contributed by atoms with E-state index in [2.05, 4.69) is 0 Å². The summed E-state index contributed by atoms with van der Waals surface area (Å²) in [4.78, 5) is 12.6. The van der Waals surface area contributed by atoms with E-state index in [1.54, 1.807) is 0 Å². The molecule has 0 bridgehead atoms. The second-order valence-corrected chi connectivity index (χ2v) is 7.42. The SMILES string of the molecule is O=c1c([O-])c(-c2ccc(O)c(O)c2)oc2cc(O[C@@H]3O[C@H](CO)[C@@H](O)[C@H](O)[C@H]3O)cc(O)c12. The second kappa shape index (κ2) is 8.42. The van der Waals surface area contributed by atoms with Crippen molar-refractivity contribution < 1.29 is 54.7 Å². The first-order chi connectivity index (χ1) is 15.6. The summed E-state index contributed by atoms with van der Waals surface area (Å²) in [5, 5.41) is 80.6. The monoisotopic (exact) mass is 463 g/mol. The molecule has 0 radical (unpaired) electrons. The summed E-state index contributed by atoms with van der Waals surface area (Å²) in [6, 6.07) is 5.39. The highest BCUT2D eigenvalue weighted by molar-refractivity contribution is 5.88. The molecule has 7 N–H and O–H groups in total. The predicted molar refractivity (Wildman–Crippen MR) is 107 cm³/mol. The van der Waals surface area contributed by atoms with Crippen LogP contribution in [-0.4, -0.2) is 73.1 Å². The largest absolute Gasteiger partial charge is 0.867 e. The minimum atomic E-state index is -1.73. The van der Waals surface area contributed by atoms with Crippen molar-refractivity contribution in [1.29, 1.82) is 0 Å². The van der Waals surface area contributed by atoms with Gasteiger partial charge in [-0.1, -0.05) is 0 Å². The molecule has 5 atom stereocenters. The summed E-state index contributed by atoms with van der Waals surface area (Å²) in [7, 11) is 0. The maximum Gasteiger partial charge on any atom is 0.229 e. The van der Waals surface area contributed by atoms with Gasteiger partial charge in [0.05, 0.1) is 6.61 Å². The predicted octanol–water partition coefficient (Wildman–Crippen LogP) is -1.17. The third-order valence-electron chi connectivity index (χ3n) is 5.24. The number of benzene rings is 2. The molecule has 1 fully saturated rings. The molecule has 0 unspecified atom stereocenters. The minimum absolute atomic E-state index is 0.0194. The van der Waals surface area contributed by atoms with E-state index < -0.39 is 76.9 Å². The molecule has 0 saturated carbocycles. The Morgan fingerprint density at radius 3 is 2.33 bits per heavy atom. The van der Waals surface area contributed by atoms with E-state index in [0.29, 0.717) is 0 Å². The molecule has 176 valence electrons. The van der Waals surface area contributed by atoms with E-state index in [1.807, 2.05) is 0 Å². The van der Waals surface area contributed by atoms with E-state index in [-0.39, 0.29) is 16.9 Å². The van der Waals surface area contributed by atoms with E-state index in [4.69, 9.17) is 13.9 Å². The number of hydrogen-bond acceptors (Lipinski definition) is 12. The lowest BCUT2D eigenvalue weighted by Crippen LogP contribution is -2.60. The highest BCUT2D eigenvalue weighted by Crippen LogP contribution is 2.37. The first-order valence-electron chi connectivity index (χ1n) is 9.62. The van der Waals surface area contributed by atoms with E-state index >= 15 is 0 Å². The number of aliphatic hydroxyl groups is 4. The number of rotatable bonds is 4. The van der Waals surface area contributed by atoms with Gasteiger partial charge in [0, 0.05) is 17.7 Å². The Morgan fingerprint density at radius 1 is 0.939 bits per heavy atom. The summed E-state index contributed by atoms with van der Waals surface area (Å²) >= 11 is 0. The van der Waals surface area contributed by atoms with Crippen molar-refractivity contribution in [2.75, 3.05) is 6.61 Å². The van der Waals surface area contributed by atoms with Gasteiger partial charge in [-0.2, -0.15) is 0 Å². The molecule has 1 aliphatic rings. The number of ether oxygens (including phenoxy) is 2.